The summed E-state index contributed by atoms with van der Waals surface area (Å²) in [6.07, 6.45) is 0.543. The van der Waals surface area contributed by atoms with Crippen LogP contribution in [0.4, 0.5) is 13.6 Å². The minimum atomic E-state index is -0.681. The number of carbonyl (C=O) groups excluding carboxylic acids is 2. The van der Waals surface area contributed by atoms with Crippen molar-refractivity contribution in [2.24, 2.45) is 0 Å². The lowest BCUT2D eigenvalue weighted by Crippen LogP contribution is -2.30. The van der Waals surface area contributed by atoms with Gasteiger partial charge in [0.2, 0.25) is 5.91 Å². The number of benzene rings is 1. The van der Waals surface area contributed by atoms with E-state index in [1.54, 1.807) is 6.92 Å². The van der Waals surface area contributed by atoms with Crippen LogP contribution in [-0.2, 0) is 9.53 Å². The predicted octanol–water partition coefficient (Wildman–Crippen LogP) is 2.67. The zero-order chi connectivity index (χ0) is 16.5. The Morgan fingerprint density at radius 1 is 1.32 bits per heavy atom. The lowest BCUT2D eigenvalue weighted by atomic mass is 10.0. The standard InChI is InChI=1S/C15H20F2N2O3/c1-3-13(11-7-6-10(16)9-12(11)17)19-14(20)5-4-8-18-15(21)22-2/h6-7,9,13H,3-5,8H2,1-2H3,(H,18,21)(H,19,20)/t13-/m1/s1. The Morgan fingerprint density at radius 2 is 2.05 bits per heavy atom. The van der Waals surface area contributed by atoms with Gasteiger partial charge in [0, 0.05) is 24.6 Å². The van der Waals surface area contributed by atoms with Crippen LogP contribution < -0.4 is 10.6 Å². The summed E-state index contributed by atoms with van der Waals surface area (Å²) in [5, 5.41) is 5.16. The molecule has 0 unspecified atom stereocenters. The molecule has 0 aromatic heterocycles. The summed E-state index contributed by atoms with van der Waals surface area (Å²) < 4.78 is 31.0. The SMILES string of the molecule is CC[C@@H](NC(=O)CCCNC(=O)OC)c1ccc(F)cc1F. The zero-order valence-electron chi connectivity index (χ0n) is 12.6. The Hall–Kier alpha value is -2.18. The van der Waals surface area contributed by atoms with E-state index < -0.39 is 23.8 Å². The molecule has 1 aromatic carbocycles. The maximum atomic E-state index is 13.7. The van der Waals surface area contributed by atoms with Gasteiger partial charge >= 0.3 is 6.09 Å². The van der Waals surface area contributed by atoms with Gasteiger partial charge in [-0.05, 0) is 18.9 Å². The molecule has 0 saturated carbocycles. The molecular weight excluding hydrogens is 294 g/mol. The van der Waals surface area contributed by atoms with E-state index in [-0.39, 0.29) is 17.9 Å². The monoisotopic (exact) mass is 314 g/mol. The number of rotatable bonds is 7. The van der Waals surface area contributed by atoms with E-state index >= 15 is 0 Å². The van der Waals surface area contributed by atoms with E-state index in [0.29, 0.717) is 19.4 Å². The number of nitrogens with one attached hydrogen (secondary N) is 2. The maximum absolute atomic E-state index is 13.7. The predicted molar refractivity (Wildman–Crippen MR) is 77.2 cm³/mol. The van der Waals surface area contributed by atoms with Crippen LogP contribution in [0.25, 0.3) is 0 Å². The average molecular weight is 314 g/mol. The van der Waals surface area contributed by atoms with Crippen LogP contribution in [0.5, 0.6) is 0 Å². The highest BCUT2D eigenvalue weighted by molar-refractivity contribution is 5.76. The van der Waals surface area contributed by atoms with Crippen molar-refractivity contribution < 1.29 is 23.1 Å². The topological polar surface area (TPSA) is 67.4 Å². The minimum absolute atomic E-state index is 0.184. The molecule has 22 heavy (non-hydrogen) atoms. The van der Waals surface area contributed by atoms with Crippen LogP contribution >= 0.6 is 0 Å². The fourth-order valence-corrected chi connectivity index (χ4v) is 1.96. The molecule has 0 fully saturated rings. The van der Waals surface area contributed by atoms with Crippen molar-refractivity contribution in [1.29, 1.82) is 0 Å². The molecule has 0 aliphatic carbocycles. The Labute approximate surface area is 128 Å². The molecule has 5 nitrogen and oxygen atoms in total. The van der Waals surface area contributed by atoms with Gasteiger partial charge in [0.25, 0.3) is 0 Å². The number of alkyl carbamates (subject to hydrolysis) is 1. The molecule has 122 valence electrons. The molecule has 0 spiro atoms. The summed E-state index contributed by atoms with van der Waals surface area (Å²) in [4.78, 5) is 22.7. The van der Waals surface area contributed by atoms with Crippen molar-refractivity contribution in [3.63, 3.8) is 0 Å². The first-order chi connectivity index (χ1) is 10.5. The summed E-state index contributed by atoms with van der Waals surface area (Å²) >= 11 is 0. The highest BCUT2D eigenvalue weighted by atomic mass is 19.1. The summed E-state index contributed by atoms with van der Waals surface area (Å²) in [5.74, 6) is -1.60. The van der Waals surface area contributed by atoms with E-state index in [1.807, 2.05) is 0 Å². The summed E-state index contributed by atoms with van der Waals surface area (Å²) in [6, 6.07) is 2.78. The van der Waals surface area contributed by atoms with E-state index in [2.05, 4.69) is 15.4 Å². The molecule has 0 aliphatic rings. The molecule has 0 aliphatic heterocycles. The van der Waals surface area contributed by atoms with E-state index in [0.717, 1.165) is 12.1 Å². The fourth-order valence-electron chi connectivity index (χ4n) is 1.96. The fraction of sp³-hybridized carbons (Fsp3) is 0.467. The maximum Gasteiger partial charge on any atom is 0.406 e. The van der Waals surface area contributed by atoms with Gasteiger partial charge in [-0.25, -0.2) is 13.6 Å². The molecule has 1 aromatic rings. The number of amides is 2. The Morgan fingerprint density at radius 3 is 2.64 bits per heavy atom. The number of halogens is 2. The van der Waals surface area contributed by atoms with Gasteiger partial charge in [-0.1, -0.05) is 13.0 Å². The molecule has 0 bridgehead atoms. The normalized spacial score (nSPS) is 11.6. The van der Waals surface area contributed by atoms with E-state index in [9.17, 15) is 18.4 Å². The van der Waals surface area contributed by atoms with Gasteiger partial charge in [0.05, 0.1) is 13.2 Å². The minimum Gasteiger partial charge on any atom is -0.453 e. The first kappa shape index (κ1) is 17.9. The van der Waals surface area contributed by atoms with Crippen LogP contribution in [0.3, 0.4) is 0 Å². The summed E-state index contributed by atoms with van der Waals surface area (Å²) in [7, 11) is 1.26. The van der Waals surface area contributed by atoms with E-state index in [4.69, 9.17) is 0 Å². The number of ether oxygens (including phenoxy) is 1. The second kappa shape index (κ2) is 8.96. The Balaban J connectivity index is 2.48. The quantitative estimate of drug-likeness (QED) is 0.760. The second-order valence-electron chi connectivity index (χ2n) is 4.72. The van der Waals surface area contributed by atoms with Crippen molar-refractivity contribution in [2.75, 3.05) is 13.7 Å². The van der Waals surface area contributed by atoms with Gasteiger partial charge in [-0.3, -0.25) is 4.79 Å². The third kappa shape index (κ3) is 5.67. The van der Waals surface area contributed by atoms with Crippen LogP contribution in [0, 0.1) is 11.6 Å². The highest BCUT2D eigenvalue weighted by Crippen LogP contribution is 2.21. The lowest BCUT2D eigenvalue weighted by molar-refractivity contribution is -0.122. The smallest absolute Gasteiger partial charge is 0.406 e. The molecule has 1 atom stereocenters. The molecule has 0 radical (unpaired) electrons. The van der Waals surface area contributed by atoms with Gasteiger partial charge in [0.1, 0.15) is 11.6 Å². The highest BCUT2D eigenvalue weighted by Gasteiger charge is 2.16. The largest absolute Gasteiger partial charge is 0.453 e. The average Bonchev–Trinajstić information content (AvgIpc) is 2.49. The van der Waals surface area contributed by atoms with Crippen molar-refractivity contribution in [3.05, 3.63) is 35.4 Å². The molecule has 2 amide bonds. The van der Waals surface area contributed by atoms with Crippen molar-refractivity contribution in [3.8, 4) is 0 Å². The number of hydrogen-bond acceptors (Lipinski definition) is 3. The molecule has 2 N–H and O–H groups in total. The Kier molecular flexibility index (Phi) is 7.28. The lowest BCUT2D eigenvalue weighted by Gasteiger charge is -2.18. The summed E-state index contributed by atoms with van der Waals surface area (Å²) in [5.41, 5.74) is 0.255. The molecular formula is C15H20F2N2O3. The van der Waals surface area contributed by atoms with Crippen molar-refractivity contribution >= 4 is 12.0 Å². The molecule has 0 saturated heterocycles. The van der Waals surface area contributed by atoms with E-state index in [1.165, 1.54) is 13.2 Å². The molecule has 0 heterocycles. The molecule has 7 heteroatoms. The van der Waals surface area contributed by atoms with Crippen LogP contribution in [0.15, 0.2) is 18.2 Å². The van der Waals surface area contributed by atoms with Crippen molar-refractivity contribution in [1.82, 2.24) is 10.6 Å². The van der Waals surface area contributed by atoms with Crippen LogP contribution in [0.1, 0.15) is 37.8 Å². The molecule has 1 rings (SSSR count). The third-order valence-corrected chi connectivity index (χ3v) is 3.12. The first-order valence-corrected chi connectivity index (χ1v) is 7.04. The van der Waals surface area contributed by atoms with Gasteiger partial charge in [-0.2, -0.15) is 0 Å². The van der Waals surface area contributed by atoms with Gasteiger partial charge < -0.3 is 15.4 Å². The third-order valence-electron chi connectivity index (χ3n) is 3.12. The number of hydrogen-bond donors (Lipinski definition) is 2. The van der Waals surface area contributed by atoms with Gasteiger partial charge in [0.15, 0.2) is 0 Å². The van der Waals surface area contributed by atoms with Crippen molar-refractivity contribution in [2.45, 2.75) is 32.2 Å². The summed E-state index contributed by atoms with van der Waals surface area (Å²) in [6.45, 7) is 2.11. The van der Waals surface area contributed by atoms with Crippen LogP contribution in [-0.4, -0.2) is 25.7 Å². The number of methoxy groups -OCH3 is 1. The second-order valence-corrected chi connectivity index (χ2v) is 4.72. The Bertz CT molecular complexity index is 524. The van der Waals surface area contributed by atoms with Crippen LogP contribution in [0.2, 0.25) is 0 Å². The van der Waals surface area contributed by atoms with Gasteiger partial charge in [-0.15, -0.1) is 0 Å². The number of carbonyl (C=O) groups is 2. The zero-order valence-corrected chi connectivity index (χ0v) is 12.6. The first-order valence-electron chi connectivity index (χ1n) is 7.04.